The lowest BCUT2D eigenvalue weighted by Crippen LogP contribution is -2.60. The molecule has 6 N–H and O–H groups in total. The lowest BCUT2D eigenvalue weighted by molar-refractivity contribution is -0.302. The molecule has 1 aliphatic rings. The van der Waals surface area contributed by atoms with Crippen molar-refractivity contribution in [3.05, 3.63) is 48.6 Å². The molecule has 422 valence electrons. The summed E-state index contributed by atoms with van der Waals surface area (Å²) in [6, 6.07) is -0.809. The van der Waals surface area contributed by atoms with Crippen LogP contribution in [-0.2, 0) is 14.3 Å². The van der Waals surface area contributed by atoms with Gasteiger partial charge >= 0.3 is 0 Å². The zero-order chi connectivity index (χ0) is 52.2. The molecule has 9 nitrogen and oxygen atoms in total. The van der Waals surface area contributed by atoms with Crippen LogP contribution < -0.4 is 5.32 Å². The molecule has 7 unspecified atom stereocenters. The molecule has 1 rings (SSSR count). The smallest absolute Gasteiger partial charge is 0.220 e. The van der Waals surface area contributed by atoms with E-state index >= 15 is 0 Å². The number of amides is 1. The zero-order valence-electron chi connectivity index (χ0n) is 46.9. The molecular weight excluding hydrogens is 899 g/mol. The van der Waals surface area contributed by atoms with Crippen LogP contribution in [0.25, 0.3) is 0 Å². The highest BCUT2D eigenvalue weighted by molar-refractivity contribution is 5.76. The molecule has 0 aromatic heterocycles. The number of allylic oxidation sites excluding steroid dienone is 7. The third kappa shape index (κ3) is 41.4. The second-order valence-corrected chi connectivity index (χ2v) is 21.5. The van der Waals surface area contributed by atoms with Crippen molar-refractivity contribution in [2.45, 2.75) is 333 Å². The van der Waals surface area contributed by atoms with Crippen molar-refractivity contribution in [1.29, 1.82) is 0 Å². The topological polar surface area (TPSA) is 149 Å². The SMILES string of the molecule is CCCCCCC/C=C\C/C=C\C/C=C\CCCCCCCCCCCCC(=O)NC(COC1OC(CO)C(O)C(O)C1O)C(O)/C=C/CCCCCCCCCCCCCCCCCCCCCCCC. The number of unbranched alkanes of at least 4 members (excludes halogenated alkanes) is 37. The molecule has 0 spiro atoms. The molecule has 0 aliphatic carbocycles. The first-order chi connectivity index (χ1) is 35.3. The minimum atomic E-state index is -1.57. The quantitative estimate of drug-likeness (QED) is 0.0261. The number of ether oxygens (including phenoxy) is 2. The summed E-state index contributed by atoms with van der Waals surface area (Å²) in [5.74, 6) is -0.178. The fourth-order valence-corrected chi connectivity index (χ4v) is 9.75. The third-order valence-corrected chi connectivity index (χ3v) is 14.6. The number of aliphatic hydroxyl groups excluding tert-OH is 5. The van der Waals surface area contributed by atoms with E-state index in [4.69, 9.17) is 9.47 Å². The van der Waals surface area contributed by atoms with Crippen LogP contribution in [-0.4, -0.2) is 87.5 Å². The summed E-state index contributed by atoms with van der Waals surface area (Å²) >= 11 is 0. The van der Waals surface area contributed by atoms with Gasteiger partial charge in [0.05, 0.1) is 25.4 Å². The minimum absolute atomic E-state index is 0.178. The predicted molar refractivity (Wildman–Crippen MR) is 304 cm³/mol. The molecule has 0 saturated carbocycles. The van der Waals surface area contributed by atoms with Gasteiger partial charge in [0.1, 0.15) is 24.4 Å². The van der Waals surface area contributed by atoms with E-state index in [1.54, 1.807) is 6.08 Å². The Bertz CT molecular complexity index is 1270. The molecule has 0 aromatic rings. The second-order valence-electron chi connectivity index (χ2n) is 21.5. The average molecular weight is 1020 g/mol. The van der Waals surface area contributed by atoms with Crippen LogP contribution in [0.3, 0.4) is 0 Å². The van der Waals surface area contributed by atoms with E-state index in [-0.39, 0.29) is 12.5 Å². The van der Waals surface area contributed by atoms with E-state index in [1.165, 1.54) is 218 Å². The first-order valence-corrected chi connectivity index (χ1v) is 30.9. The van der Waals surface area contributed by atoms with Crippen LogP contribution in [0.5, 0.6) is 0 Å². The number of nitrogens with one attached hydrogen (secondary N) is 1. The van der Waals surface area contributed by atoms with Crippen LogP contribution in [0.1, 0.15) is 290 Å². The Morgan fingerprint density at radius 2 is 0.819 bits per heavy atom. The van der Waals surface area contributed by atoms with E-state index in [2.05, 4.69) is 55.6 Å². The van der Waals surface area contributed by atoms with Crippen molar-refractivity contribution < 1.29 is 39.8 Å². The van der Waals surface area contributed by atoms with Gasteiger partial charge in [-0.25, -0.2) is 0 Å². The van der Waals surface area contributed by atoms with Gasteiger partial charge < -0.3 is 40.3 Å². The summed E-state index contributed by atoms with van der Waals surface area (Å²) in [7, 11) is 0. The average Bonchev–Trinajstić information content (AvgIpc) is 3.38. The van der Waals surface area contributed by atoms with Gasteiger partial charge in [0, 0.05) is 6.42 Å². The van der Waals surface area contributed by atoms with Gasteiger partial charge in [-0.2, -0.15) is 0 Å². The second kappa shape index (κ2) is 52.6. The lowest BCUT2D eigenvalue weighted by atomic mass is 9.99. The van der Waals surface area contributed by atoms with Crippen LogP contribution in [0.15, 0.2) is 48.6 Å². The summed E-state index contributed by atoms with van der Waals surface area (Å²) in [6.45, 7) is 3.80. The maximum atomic E-state index is 13.1. The number of aliphatic hydroxyl groups is 5. The van der Waals surface area contributed by atoms with Crippen LogP contribution >= 0.6 is 0 Å². The van der Waals surface area contributed by atoms with Gasteiger partial charge in [0.2, 0.25) is 5.91 Å². The summed E-state index contributed by atoms with van der Waals surface area (Å²) in [6.07, 6.45) is 63.2. The molecule has 1 fully saturated rings. The number of hydrogen-bond donors (Lipinski definition) is 6. The number of rotatable bonds is 53. The van der Waals surface area contributed by atoms with E-state index < -0.39 is 49.5 Å². The maximum absolute atomic E-state index is 13.1. The maximum Gasteiger partial charge on any atom is 0.220 e. The molecule has 7 atom stereocenters. The van der Waals surface area contributed by atoms with E-state index in [0.717, 1.165) is 51.4 Å². The number of carbonyl (C=O) groups excluding carboxylic acids is 1. The Hall–Kier alpha value is -1.85. The summed E-state index contributed by atoms with van der Waals surface area (Å²) < 4.78 is 11.3. The van der Waals surface area contributed by atoms with Crippen molar-refractivity contribution in [1.82, 2.24) is 5.32 Å². The Morgan fingerprint density at radius 3 is 1.21 bits per heavy atom. The van der Waals surface area contributed by atoms with E-state index in [1.807, 2.05) is 6.08 Å². The van der Waals surface area contributed by atoms with Gasteiger partial charge in [-0.15, -0.1) is 0 Å². The predicted octanol–water partition coefficient (Wildman–Crippen LogP) is 15.7. The van der Waals surface area contributed by atoms with Crippen molar-refractivity contribution in [3.63, 3.8) is 0 Å². The normalized spacial score (nSPS) is 19.5. The summed E-state index contributed by atoms with van der Waals surface area (Å²) in [5.41, 5.74) is 0. The van der Waals surface area contributed by atoms with Gasteiger partial charge in [0.25, 0.3) is 0 Å². The molecule has 72 heavy (non-hydrogen) atoms. The lowest BCUT2D eigenvalue weighted by Gasteiger charge is -2.40. The van der Waals surface area contributed by atoms with Crippen LogP contribution in [0.4, 0.5) is 0 Å². The van der Waals surface area contributed by atoms with Gasteiger partial charge in [0.15, 0.2) is 6.29 Å². The van der Waals surface area contributed by atoms with E-state index in [0.29, 0.717) is 6.42 Å². The zero-order valence-corrected chi connectivity index (χ0v) is 46.9. The molecule has 1 amide bonds. The Labute approximate surface area is 444 Å². The highest BCUT2D eigenvalue weighted by atomic mass is 16.7. The Morgan fingerprint density at radius 1 is 0.472 bits per heavy atom. The van der Waals surface area contributed by atoms with Crippen LogP contribution in [0, 0.1) is 0 Å². The molecule has 1 heterocycles. The first kappa shape index (κ1) is 68.2. The fourth-order valence-electron chi connectivity index (χ4n) is 9.75. The van der Waals surface area contributed by atoms with Gasteiger partial charge in [-0.05, 0) is 57.8 Å². The van der Waals surface area contributed by atoms with Crippen LogP contribution in [0.2, 0.25) is 0 Å². The molecule has 0 bridgehead atoms. The largest absolute Gasteiger partial charge is 0.394 e. The van der Waals surface area contributed by atoms with Gasteiger partial charge in [-0.1, -0.05) is 274 Å². The van der Waals surface area contributed by atoms with Gasteiger partial charge in [-0.3, -0.25) is 4.79 Å². The first-order valence-electron chi connectivity index (χ1n) is 30.9. The number of carbonyl (C=O) groups is 1. The molecular formula is C63H117NO8. The Balaban J connectivity index is 2.21. The van der Waals surface area contributed by atoms with Crippen molar-refractivity contribution in [2.75, 3.05) is 13.2 Å². The summed E-state index contributed by atoms with van der Waals surface area (Å²) in [5, 5.41) is 54.6. The highest BCUT2D eigenvalue weighted by Crippen LogP contribution is 2.23. The van der Waals surface area contributed by atoms with Crippen molar-refractivity contribution >= 4 is 5.91 Å². The van der Waals surface area contributed by atoms with E-state index in [9.17, 15) is 30.3 Å². The summed E-state index contributed by atoms with van der Waals surface area (Å²) in [4.78, 5) is 13.1. The number of hydrogen-bond acceptors (Lipinski definition) is 8. The third-order valence-electron chi connectivity index (χ3n) is 14.6. The molecule has 0 aromatic carbocycles. The monoisotopic (exact) mass is 1020 g/mol. The van der Waals surface area contributed by atoms with Crippen molar-refractivity contribution in [3.8, 4) is 0 Å². The molecule has 0 radical (unpaired) electrons. The molecule has 9 heteroatoms. The minimum Gasteiger partial charge on any atom is -0.394 e. The molecule has 1 saturated heterocycles. The standard InChI is InChI=1S/C63H117NO8/c1-3-5-7-9-11-13-15-17-19-21-23-25-27-29-31-33-35-37-39-41-43-45-47-49-51-53-59(67)64-56(55-71-63-62(70)61(69)60(68)58(54-65)72-63)57(66)52-50-48-46-44-42-40-38-36-34-32-30-28-26-24-22-20-18-16-14-12-10-8-6-4-2/h15,17,21,23,27,29,50,52,56-58,60-63,65-66,68-70H,3-14,16,18-20,22,24-26,28,30-49,51,53-55H2,1-2H3,(H,64,67)/b17-15-,23-21-,29-27-,52-50+. The van der Waals surface area contributed by atoms with Crippen molar-refractivity contribution in [2.24, 2.45) is 0 Å². The fraction of sp³-hybridized carbons (Fsp3) is 0.857. The highest BCUT2D eigenvalue weighted by Gasteiger charge is 2.44. The Kier molecular flexibility index (Phi) is 49.8. The molecule has 1 aliphatic heterocycles.